The Balaban J connectivity index is 1.62. The third-order valence-corrected chi connectivity index (χ3v) is 5.85. The van der Waals surface area contributed by atoms with Gasteiger partial charge in [-0.15, -0.1) is 0 Å². The second-order valence-electron chi connectivity index (χ2n) is 7.74. The lowest BCUT2D eigenvalue weighted by molar-refractivity contribution is -0.116. The Labute approximate surface area is 179 Å². The van der Waals surface area contributed by atoms with E-state index in [1.165, 1.54) is 5.69 Å². The molecule has 0 bridgehead atoms. The first-order valence-corrected chi connectivity index (χ1v) is 10.7. The number of rotatable bonds is 6. The van der Waals surface area contributed by atoms with Crippen molar-refractivity contribution < 1.29 is 4.79 Å². The van der Waals surface area contributed by atoms with Gasteiger partial charge in [-0.1, -0.05) is 24.6 Å². The lowest BCUT2D eigenvalue weighted by atomic mass is 10.1. The van der Waals surface area contributed by atoms with Gasteiger partial charge in [-0.05, 0) is 68.8 Å². The summed E-state index contributed by atoms with van der Waals surface area (Å²) in [5.41, 5.74) is 5.09. The maximum absolute atomic E-state index is 12.6. The second kappa shape index (κ2) is 9.51. The highest BCUT2D eigenvalue weighted by atomic mass is 35.5. The zero-order chi connectivity index (χ0) is 21.0. The molecule has 2 N–H and O–H groups in total. The number of carbonyl (C=O) groups is 1. The van der Waals surface area contributed by atoms with Crippen LogP contribution in [-0.4, -0.2) is 49.6 Å². The first-order chi connectivity index (χ1) is 13.9. The molecule has 6 heteroatoms. The van der Waals surface area contributed by atoms with Crippen molar-refractivity contribution in [3.05, 3.63) is 52.5 Å². The van der Waals surface area contributed by atoms with Crippen molar-refractivity contribution >= 4 is 34.6 Å². The predicted molar refractivity (Wildman–Crippen MR) is 123 cm³/mol. The minimum Gasteiger partial charge on any atom is -0.374 e. The largest absolute Gasteiger partial charge is 0.374 e. The molecule has 1 atom stereocenters. The summed E-state index contributed by atoms with van der Waals surface area (Å²) in [4.78, 5) is 17.5. The molecule has 0 radical (unpaired) electrons. The standard InChI is InChI=1S/C23H31ClN4O/c1-5-27-10-12-28(13-11-27)20-8-9-21(17(3)14-20)25-18(4)23(29)26-22-15-19(24)7-6-16(22)2/h6-9,14-15,18,25H,5,10-13H2,1-4H3,(H,26,29)/t18-/m0/s1. The summed E-state index contributed by atoms with van der Waals surface area (Å²) in [7, 11) is 0. The van der Waals surface area contributed by atoms with Crippen LogP contribution in [0.15, 0.2) is 36.4 Å². The molecule has 0 spiro atoms. The number of carbonyl (C=O) groups excluding carboxylic acids is 1. The molecule has 1 aliphatic rings. The molecule has 0 saturated carbocycles. The van der Waals surface area contributed by atoms with Gasteiger partial charge < -0.3 is 20.4 Å². The van der Waals surface area contributed by atoms with Crippen molar-refractivity contribution in [1.29, 1.82) is 0 Å². The maximum atomic E-state index is 12.6. The van der Waals surface area contributed by atoms with E-state index in [-0.39, 0.29) is 11.9 Å². The summed E-state index contributed by atoms with van der Waals surface area (Å²) < 4.78 is 0. The zero-order valence-corrected chi connectivity index (χ0v) is 18.5. The van der Waals surface area contributed by atoms with E-state index in [1.54, 1.807) is 6.07 Å². The SMILES string of the molecule is CCN1CCN(c2ccc(N[C@@H](C)C(=O)Nc3cc(Cl)ccc3C)c(C)c2)CC1. The molecule has 2 aromatic rings. The highest BCUT2D eigenvalue weighted by Gasteiger charge is 2.18. The Morgan fingerprint density at radius 2 is 1.76 bits per heavy atom. The molecule has 5 nitrogen and oxygen atoms in total. The first-order valence-electron chi connectivity index (χ1n) is 10.3. The van der Waals surface area contributed by atoms with E-state index in [0.29, 0.717) is 5.02 Å². The highest BCUT2D eigenvalue weighted by Crippen LogP contribution is 2.25. The minimum absolute atomic E-state index is 0.0884. The maximum Gasteiger partial charge on any atom is 0.246 e. The lowest BCUT2D eigenvalue weighted by Crippen LogP contribution is -2.46. The van der Waals surface area contributed by atoms with Gasteiger partial charge in [0.2, 0.25) is 5.91 Å². The van der Waals surface area contributed by atoms with Crippen LogP contribution in [0.5, 0.6) is 0 Å². The van der Waals surface area contributed by atoms with Gasteiger partial charge in [0.1, 0.15) is 6.04 Å². The van der Waals surface area contributed by atoms with Gasteiger partial charge in [0.05, 0.1) is 0 Å². The summed E-state index contributed by atoms with van der Waals surface area (Å²) >= 11 is 6.05. The molecule has 0 unspecified atom stereocenters. The van der Waals surface area contributed by atoms with E-state index in [1.807, 2.05) is 26.0 Å². The van der Waals surface area contributed by atoms with E-state index in [4.69, 9.17) is 11.6 Å². The predicted octanol–water partition coefficient (Wildman–Crippen LogP) is 4.54. The third-order valence-electron chi connectivity index (χ3n) is 5.62. The number of nitrogens with one attached hydrogen (secondary N) is 2. The van der Waals surface area contributed by atoms with Crippen LogP contribution in [0.25, 0.3) is 0 Å². The molecule has 3 rings (SSSR count). The van der Waals surface area contributed by atoms with Crippen LogP contribution in [0.4, 0.5) is 17.1 Å². The summed E-state index contributed by atoms with van der Waals surface area (Å²) in [6, 6.07) is 11.6. The lowest BCUT2D eigenvalue weighted by Gasteiger charge is -2.35. The van der Waals surface area contributed by atoms with Crippen LogP contribution < -0.4 is 15.5 Å². The van der Waals surface area contributed by atoms with Crippen molar-refractivity contribution in [3.63, 3.8) is 0 Å². The number of hydrogen-bond acceptors (Lipinski definition) is 4. The summed E-state index contributed by atoms with van der Waals surface area (Å²) in [5, 5.41) is 6.91. The van der Waals surface area contributed by atoms with Gasteiger partial charge in [-0.3, -0.25) is 4.79 Å². The summed E-state index contributed by atoms with van der Waals surface area (Å²) in [5.74, 6) is -0.0884. The van der Waals surface area contributed by atoms with Gasteiger partial charge in [-0.2, -0.15) is 0 Å². The van der Waals surface area contributed by atoms with Gasteiger partial charge >= 0.3 is 0 Å². The van der Waals surface area contributed by atoms with Gasteiger partial charge in [0.25, 0.3) is 0 Å². The number of nitrogens with zero attached hydrogens (tertiary/aromatic N) is 2. The summed E-state index contributed by atoms with van der Waals surface area (Å²) in [6.45, 7) is 13.6. The van der Waals surface area contributed by atoms with Crippen LogP contribution in [0, 0.1) is 13.8 Å². The molecule has 1 heterocycles. The van der Waals surface area contributed by atoms with Crippen molar-refractivity contribution in [1.82, 2.24) is 4.90 Å². The Morgan fingerprint density at radius 1 is 1.03 bits per heavy atom. The minimum atomic E-state index is -0.369. The van der Waals surface area contributed by atoms with Crippen molar-refractivity contribution in [3.8, 4) is 0 Å². The van der Waals surface area contributed by atoms with Gasteiger partial charge in [0, 0.05) is 48.3 Å². The number of aryl methyl sites for hydroxylation is 2. The molecule has 0 aromatic heterocycles. The van der Waals surface area contributed by atoms with Crippen LogP contribution in [0.1, 0.15) is 25.0 Å². The number of anilines is 3. The Morgan fingerprint density at radius 3 is 2.41 bits per heavy atom. The normalized spacial score (nSPS) is 15.8. The molecule has 1 amide bonds. The fourth-order valence-corrected chi connectivity index (χ4v) is 3.77. The quantitative estimate of drug-likeness (QED) is 0.728. The molecule has 1 fully saturated rings. The number of likely N-dealkylation sites (N-methyl/N-ethyl adjacent to an activating group) is 1. The molecule has 156 valence electrons. The number of benzene rings is 2. The molecule has 2 aromatic carbocycles. The Kier molecular flexibility index (Phi) is 7.04. The first kappa shape index (κ1) is 21.5. The Bertz CT molecular complexity index is 862. The summed E-state index contributed by atoms with van der Waals surface area (Å²) in [6.07, 6.45) is 0. The smallest absolute Gasteiger partial charge is 0.246 e. The van der Waals surface area contributed by atoms with Crippen LogP contribution in [0.2, 0.25) is 5.02 Å². The molecular weight excluding hydrogens is 384 g/mol. The van der Waals surface area contributed by atoms with Crippen molar-refractivity contribution in [2.24, 2.45) is 0 Å². The van der Waals surface area contributed by atoms with E-state index < -0.39 is 0 Å². The van der Waals surface area contributed by atoms with Crippen LogP contribution >= 0.6 is 11.6 Å². The molecular formula is C23H31ClN4O. The number of hydrogen-bond donors (Lipinski definition) is 2. The molecule has 29 heavy (non-hydrogen) atoms. The van der Waals surface area contributed by atoms with E-state index in [2.05, 4.69) is 52.5 Å². The third kappa shape index (κ3) is 5.43. The molecule has 1 aliphatic heterocycles. The second-order valence-corrected chi connectivity index (χ2v) is 8.17. The highest BCUT2D eigenvalue weighted by molar-refractivity contribution is 6.31. The van der Waals surface area contributed by atoms with Gasteiger partial charge in [-0.25, -0.2) is 0 Å². The zero-order valence-electron chi connectivity index (χ0n) is 17.8. The van der Waals surface area contributed by atoms with Gasteiger partial charge in [0.15, 0.2) is 0 Å². The van der Waals surface area contributed by atoms with E-state index >= 15 is 0 Å². The van der Waals surface area contributed by atoms with E-state index in [0.717, 1.165) is 55.2 Å². The average molecular weight is 415 g/mol. The fraction of sp³-hybridized carbons (Fsp3) is 0.435. The molecule has 1 saturated heterocycles. The Hall–Kier alpha value is -2.24. The van der Waals surface area contributed by atoms with E-state index in [9.17, 15) is 4.79 Å². The number of halogens is 1. The number of amides is 1. The molecule has 0 aliphatic carbocycles. The topological polar surface area (TPSA) is 47.6 Å². The van der Waals surface area contributed by atoms with Crippen LogP contribution in [0.3, 0.4) is 0 Å². The number of piperazine rings is 1. The van der Waals surface area contributed by atoms with Crippen LogP contribution in [-0.2, 0) is 4.79 Å². The fourth-order valence-electron chi connectivity index (χ4n) is 3.60. The average Bonchev–Trinajstić information content (AvgIpc) is 2.72. The van der Waals surface area contributed by atoms with Crippen molar-refractivity contribution in [2.45, 2.75) is 33.7 Å². The van der Waals surface area contributed by atoms with Crippen molar-refractivity contribution in [2.75, 3.05) is 48.3 Å². The monoisotopic (exact) mass is 414 g/mol.